The van der Waals surface area contributed by atoms with Crippen LogP contribution in [0, 0.1) is 0 Å². The Hall–Kier alpha value is -2.35. The van der Waals surface area contributed by atoms with Gasteiger partial charge < -0.3 is 14.6 Å². The number of benzene rings is 1. The maximum Gasteiger partial charge on any atom is 0.401 e. The number of carbonyl (C=O) groups is 1. The van der Waals surface area contributed by atoms with Gasteiger partial charge in [-0.1, -0.05) is 6.07 Å². The van der Waals surface area contributed by atoms with Crippen molar-refractivity contribution < 1.29 is 22.7 Å². The fourth-order valence-electron chi connectivity index (χ4n) is 2.02. The average Bonchev–Trinajstić information content (AvgIpc) is 2.90. The van der Waals surface area contributed by atoms with Gasteiger partial charge in [-0.3, -0.25) is 0 Å². The summed E-state index contributed by atoms with van der Waals surface area (Å²) in [5, 5.41) is 2.34. The van der Waals surface area contributed by atoms with Gasteiger partial charge >= 0.3 is 12.1 Å². The highest BCUT2D eigenvalue weighted by Crippen LogP contribution is 2.16. The summed E-state index contributed by atoms with van der Waals surface area (Å²) in [6.45, 7) is -0.443. The third kappa shape index (κ3) is 5.10. The molecule has 2 aromatic rings. The number of aromatic nitrogens is 2. The van der Waals surface area contributed by atoms with Gasteiger partial charge in [0.2, 0.25) is 0 Å². The lowest BCUT2D eigenvalue weighted by molar-refractivity contribution is -0.134. The zero-order chi connectivity index (χ0) is 16.9. The van der Waals surface area contributed by atoms with Crippen LogP contribution in [0.3, 0.4) is 0 Å². The van der Waals surface area contributed by atoms with Crippen LogP contribution in [0.1, 0.15) is 5.56 Å². The van der Waals surface area contributed by atoms with Crippen LogP contribution >= 0.6 is 0 Å². The molecule has 1 N–H and O–H groups in total. The number of alkyl halides is 3. The molecule has 5 nitrogen and oxygen atoms in total. The highest BCUT2D eigenvalue weighted by molar-refractivity contribution is 5.88. The number of hydrogen-bond donors (Lipinski definition) is 1. The van der Waals surface area contributed by atoms with E-state index in [2.05, 4.69) is 15.0 Å². The molecule has 8 heteroatoms. The molecule has 0 unspecified atom stereocenters. The predicted molar refractivity (Wildman–Crippen MR) is 79.7 cm³/mol. The molecular weight excluding hydrogens is 311 g/mol. The van der Waals surface area contributed by atoms with Crippen LogP contribution in [0.15, 0.2) is 30.6 Å². The molecule has 0 bridgehead atoms. The number of methoxy groups -OCH3 is 1. The Morgan fingerprint density at radius 3 is 2.91 bits per heavy atom. The van der Waals surface area contributed by atoms with Crippen LogP contribution in [0.2, 0.25) is 0 Å². The minimum Gasteiger partial charge on any atom is -0.466 e. The van der Waals surface area contributed by atoms with Gasteiger partial charge in [0.05, 0.1) is 31.0 Å². The van der Waals surface area contributed by atoms with Crippen molar-refractivity contribution in [1.82, 2.24) is 14.9 Å². The SMILES string of the molecule is COC(=O)/C=C/c1ccc2c(c1)ncn2CCNCC(F)(F)F. The smallest absolute Gasteiger partial charge is 0.401 e. The third-order valence-electron chi connectivity index (χ3n) is 3.11. The Labute approximate surface area is 130 Å². The largest absolute Gasteiger partial charge is 0.466 e. The number of esters is 1. The second-order valence-electron chi connectivity index (χ2n) is 4.83. The first-order valence-electron chi connectivity index (χ1n) is 6.87. The number of halogens is 3. The summed E-state index contributed by atoms with van der Waals surface area (Å²) >= 11 is 0. The molecule has 0 aliphatic carbocycles. The number of ether oxygens (including phenoxy) is 1. The van der Waals surface area contributed by atoms with E-state index in [1.807, 2.05) is 6.07 Å². The molecule has 0 aliphatic heterocycles. The summed E-state index contributed by atoms with van der Waals surface area (Å²) in [6, 6.07) is 5.39. The number of nitrogens with zero attached hydrogens (tertiary/aromatic N) is 2. The Balaban J connectivity index is 2.01. The van der Waals surface area contributed by atoms with Crippen LogP contribution < -0.4 is 5.32 Å². The van der Waals surface area contributed by atoms with Gasteiger partial charge in [-0.25, -0.2) is 9.78 Å². The summed E-state index contributed by atoms with van der Waals surface area (Å²) < 4.78 is 42.4. The highest BCUT2D eigenvalue weighted by Gasteiger charge is 2.25. The molecule has 1 aromatic carbocycles. The normalized spacial score (nSPS) is 12.2. The Morgan fingerprint density at radius 1 is 1.43 bits per heavy atom. The number of rotatable bonds is 6. The second-order valence-corrected chi connectivity index (χ2v) is 4.83. The molecule has 0 saturated heterocycles. The molecule has 23 heavy (non-hydrogen) atoms. The van der Waals surface area contributed by atoms with Gasteiger partial charge in [-0.2, -0.15) is 13.2 Å². The van der Waals surface area contributed by atoms with E-state index in [-0.39, 0.29) is 6.54 Å². The molecule has 1 heterocycles. The first-order valence-corrected chi connectivity index (χ1v) is 6.87. The number of nitrogens with one attached hydrogen (secondary N) is 1. The van der Waals surface area contributed by atoms with Crippen molar-refractivity contribution in [3.05, 3.63) is 36.2 Å². The fourth-order valence-corrected chi connectivity index (χ4v) is 2.02. The van der Waals surface area contributed by atoms with Gasteiger partial charge in [-0.15, -0.1) is 0 Å². The molecule has 2 rings (SSSR count). The minimum atomic E-state index is -4.21. The van der Waals surface area contributed by atoms with E-state index in [0.29, 0.717) is 12.1 Å². The average molecular weight is 327 g/mol. The van der Waals surface area contributed by atoms with Gasteiger partial charge in [0.25, 0.3) is 0 Å². The molecule has 0 aliphatic rings. The highest BCUT2D eigenvalue weighted by atomic mass is 19.4. The zero-order valence-corrected chi connectivity index (χ0v) is 12.4. The molecule has 0 saturated carbocycles. The van der Waals surface area contributed by atoms with Crippen LogP contribution in [0.4, 0.5) is 13.2 Å². The van der Waals surface area contributed by atoms with Crippen LogP contribution in [0.5, 0.6) is 0 Å². The second kappa shape index (κ2) is 7.28. The Kier molecular flexibility index (Phi) is 5.38. The molecule has 0 amide bonds. The van der Waals surface area contributed by atoms with Crippen LogP contribution in [-0.4, -0.2) is 41.9 Å². The molecule has 124 valence electrons. The number of hydrogen-bond acceptors (Lipinski definition) is 4. The number of fused-ring (bicyclic) bond motifs is 1. The molecular formula is C15H16F3N3O2. The third-order valence-corrected chi connectivity index (χ3v) is 3.11. The topological polar surface area (TPSA) is 56.1 Å². The van der Waals surface area contributed by atoms with Crippen molar-refractivity contribution >= 4 is 23.1 Å². The molecule has 0 radical (unpaired) electrons. The van der Waals surface area contributed by atoms with E-state index in [4.69, 9.17) is 0 Å². The predicted octanol–water partition coefficient (Wildman–Crippen LogP) is 2.37. The van der Waals surface area contributed by atoms with E-state index in [1.165, 1.54) is 13.2 Å². The van der Waals surface area contributed by atoms with E-state index < -0.39 is 18.7 Å². The Bertz CT molecular complexity index is 708. The van der Waals surface area contributed by atoms with Gasteiger partial charge in [0, 0.05) is 19.2 Å². The van der Waals surface area contributed by atoms with Crippen molar-refractivity contribution in [2.45, 2.75) is 12.7 Å². The van der Waals surface area contributed by atoms with Gasteiger partial charge in [0.15, 0.2) is 0 Å². The zero-order valence-electron chi connectivity index (χ0n) is 12.4. The van der Waals surface area contributed by atoms with Crippen molar-refractivity contribution in [1.29, 1.82) is 0 Å². The van der Waals surface area contributed by atoms with Crippen LogP contribution in [0.25, 0.3) is 17.1 Å². The summed E-state index contributed by atoms with van der Waals surface area (Å²) in [5.74, 6) is -0.452. The number of carbonyl (C=O) groups excluding carboxylic acids is 1. The van der Waals surface area contributed by atoms with Crippen molar-refractivity contribution in [3.8, 4) is 0 Å². The molecule has 1 aromatic heterocycles. The lowest BCUT2D eigenvalue weighted by Gasteiger charge is -2.09. The van der Waals surface area contributed by atoms with Gasteiger partial charge in [0.1, 0.15) is 0 Å². The molecule has 0 fully saturated rings. The number of imidazole rings is 1. The molecule has 0 spiro atoms. The lowest BCUT2D eigenvalue weighted by Crippen LogP contribution is -2.31. The van der Waals surface area contributed by atoms with E-state index in [0.717, 1.165) is 11.1 Å². The first kappa shape index (κ1) is 17.0. The quantitative estimate of drug-likeness (QED) is 0.503. The molecule has 0 atom stereocenters. The van der Waals surface area contributed by atoms with Gasteiger partial charge in [-0.05, 0) is 23.8 Å². The first-order chi connectivity index (χ1) is 10.9. The maximum atomic E-state index is 12.1. The minimum absolute atomic E-state index is 0.189. The summed E-state index contributed by atoms with van der Waals surface area (Å²) in [6.07, 6.45) is 0.278. The van der Waals surface area contributed by atoms with E-state index in [1.54, 1.807) is 29.1 Å². The summed E-state index contributed by atoms with van der Waals surface area (Å²) in [7, 11) is 1.30. The van der Waals surface area contributed by atoms with E-state index in [9.17, 15) is 18.0 Å². The fraction of sp³-hybridized carbons (Fsp3) is 0.333. The maximum absolute atomic E-state index is 12.1. The standard InChI is InChI=1S/C15H16F3N3O2/c1-23-14(22)5-3-11-2-4-13-12(8-11)20-10-21(13)7-6-19-9-15(16,17)18/h2-5,8,10,19H,6-7,9H2,1H3/b5-3+. The summed E-state index contributed by atoms with van der Waals surface area (Å²) in [4.78, 5) is 15.3. The van der Waals surface area contributed by atoms with Crippen molar-refractivity contribution in [3.63, 3.8) is 0 Å². The van der Waals surface area contributed by atoms with Crippen molar-refractivity contribution in [2.75, 3.05) is 20.2 Å². The lowest BCUT2D eigenvalue weighted by atomic mass is 10.2. The summed E-state index contributed by atoms with van der Waals surface area (Å²) in [5.41, 5.74) is 2.30. The van der Waals surface area contributed by atoms with Crippen LogP contribution in [-0.2, 0) is 16.1 Å². The monoisotopic (exact) mass is 327 g/mol. The van der Waals surface area contributed by atoms with E-state index >= 15 is 0 Å². The van der Waals surface area contributed by atoms with Crippen molar-refractivity contribution in [2.24, 2.45) is 0 Å². The Morgan fingerprint density at radius 2 is 2.22 bits per heavy atom.